The van der Waals surface area contributed by atoms with Crippen molar-refractivity contribution in [1.29, 1.82) is 0 Å². The topological polar surface area (TPSA) is 57.5 Å². The first kappa shape index (κ1) is 34.4. The zero-order valence-electron chi connectivity index (χ0n) is 24.0. The van der Waals surface area contributed by atoms with Crippen molar-refractivity contribution in [3.05, 3.63) is 0 Å². The molecule has 35 heavy (non-hydrogen) atoms. The lowest BCUT2D eigenvalue weighted by atomic mass is 9.91. The van der Waals surface area contributed by atoms with Crippen molar-refractivity contribution >= 4 is 5.97 Å². The van der Waals surface area contributed by atoms with Gasteiger partial charge in [-0.3, -0.25) is 4.79 Å². The normalized spacial score (nSPS) is 13.2. The Morgan fingerprint density at radius 2 is 0.714 bits per heavy atom. The molecular weight excluding hydrogens is 432 g/mol. The second-order valence-corrected chi connectivity index (χ2v) is 11.2. The van der Waals surface area contributed by atoms with Crippen molar-refractivity contribution in [2.45, 2.75) is 193 Å². The van der Waals surface area contributed by atoms with E-state index in [-0.39, 0.29) is 0 Å². The van der Waals surface area contributed by atoms with Gasteiger partial charge in [0.25, 0.3) is 0 Å². The van der Waals surface area contributed by atoms with E-state index in [1.54, 1.807) is 0 Å². The minimum atomic E-state index is -0.810. The number of aliphatic hydroxyl groups is 1. The summed E-state index contributed by atoms with van der Waals surface area (Å²) in [6, 6.07) is 0. The third kappa shape index (κ3) is 24.9. The summed E-state index contributed by atoms with van der Waals surface area (Å²) in [4.78, 5) is 11.6. The van der Waals surface area contributed by atoms with Gasteiger partial charge in [-0.05, 0) is 12.8 Å². The van der Waals surface area contributed by atoms with Crippen LogP contribution in [-0.4, -0.2) is 22.3 Å². The number of carboxylic acids is 1. The number of hydrogen-bond donors (Lipinski definition) is 2. The van der Waals surface area contributed by atoms with Crippen LogP contribution in [0.4, 0.5) is 0 Å². The van der Waals surface area contributed by atoms with Crippen molar-refractivity contribution in [2.75, 3.05) is 0 Å². The van der Waals surface area contributed by atoms with Crippen LogP contribution in [-0.2, 0) is 4.79 Å². The van der Waals surface area contributed by atoms with Crippen LogP contribution >= 0.6 is 0 Å². The first-order valence-electron chi connectivity index (χ1n) is 16.0. The van der Waals surface area contributed by atoms with E-state index in [2.05, 4.69) is 13.8 Å². The van der Waals surface area contributed by atoms with Gasteiger partial charge < -0.3 is 10.2 Å². The van der Waals surface area contributed by atoms with Crippen LogP contribution in [0.1, 0.15) is 187 Å². The predicted molar refractivity (Wildman–Crippen MR) is 153 cm³/mol. The van der Waals surface area contributed by atoms with Gasteiger partial charge in [0.1, 0.15) is 0 Å². The standard InChI is InChI=1S/C32H64O3/c1-3-5-7-9-11-13-15-17-19-21-23-25-27-29-31(33)30(32(34)35)28-26-24-22-20-18-16-14-12-10-8-6-4-2/h30-31,33H,3-29H2,1-2H3,(H,34,35). The summed E-state index contributed by atoms with van der Waals surface area (Å²) in [5.74, 6) is -1.38. The molecule has 0 radical (unpaired) electrons. The Kier molecular flexibility index (Phi) is 27.6. The molecule has 0 aromatic rings. The molecule has 0 aliphatic rings. The Balaban J connectivity index is 3.56. The second kappa shape index (κ2) is 28.0. The first-order valence-corrected chi connectivity index (χ1v) is 16.0. The Morgan fingerprint density at radius 1 is 0.457 bits per heavy atom. The van der Waals surface area contributed by atoms with Crippen molar-refractivity contribution in [1.82, 2.24) is 0 Å². The predicted octanol–water partition coefficient (Wildman–Crippen LogP) is 10.6. The van der Waals surface area contributed by atoms with Gasteiger partial charge in [-0.2, -0.15) is 0 Å². The molecule has 0 saturated carbocycles. The lowest BCUT2D eigenvalue weighted by Crippen LogP contribution is -2.28. The monoisotopic (exact) mass is 496 g/mol. The number of unbranched alkanes of at least 4 members (excludes halogenated alkanes) is 23. The van der Waals surface area contributed by atoms with Crippen molar-refractivity contribution < 1.29 is 15.0 Å². The maximum atomic E-state index is 11.6. The average molecular weight is 497 g/mol. The number of carboxylic acid groups (broad SMARTS) is 1. The summed E-state index contributed by atoms with van der Waals surface area (Å²) in [5.41, 5.74) is 0. The van der Waals surface area contributed by atoms with E-state index in [4.69, 9.17) is 0 Å². The van der Waals surface area contributed by atoms with Crippen molar-refractivity contribution in [2.24, 2.45) is 5.92 Å². The average Bonchev–Trinajstić information content (AvgIpc) is 2.84. The molecule has 0 bridgehead atoms. The molecular formula is C32H64O3. The second-order valence-electron chi connectivity index (χ2n) is 11.2. The van der Waals surface area contributed by atoms with Gasteiger partial charge in [0.05, 0.1) is 12.0 Å². The van der Waals surface area contributed by atoms with Crippen LogP contribution in [0, 0.1) is 5.92 Å². The third-order valence-corrected chi connectivity index (χ3v) is 7.75. The molecule has 0 rings (SSSR count). The molecule has 210 valence electrons. The molecule has 0 aromatic heterocycles. The van der Waals surface area contributed by atoms with E-state index in [1.165, 1.54) is 135 Å². The first-order chi connectivity index (χ1) is 17.1. The zero-order valence-corrected chi connectivity index (χ0v) is 24.0. The Bertz CT molecular complexity index is 423. The lowest BCUT2D eigenvalue weighted by molar-refractivity contribution is -0.146. The van der Waals surface area contributed by atoms with Crippen LogP contribution < -0.4 is 0 Å². The summed E-state index contributed by atoms with van der Waals surface area (Å²) in [7, 11) is 0. The van der Waals surface area contributed by atoms with E-state index in [0.717, 1.165) is 25.7 Å². The highest BCUT2D eigenvalue weighted by molar-refractivity contribution is 5.70. The summed E-state index contributed by atoms with van der Waals surface area (Å²) in [6.45, 7) is 4.53. The van der Waals surface area contributed by atoms with Gasteiger partial charge in [-0.1, -0.05) is 174 Å². The largest absolute Gasteiger partial charge is 0.481 e. The highest BCUT2D eigenvalue weighted by atomic mass is 16.4. The molecule has 0 aliphatic carbocycles. The summed E-state index contributed by atoms with van der Waals surface area (Å²) in [5, 5.41) is 20.0. The summed E-state index contributed by atoms with van der Waals surface area (Å²) >= 11 is 0. The highest BCUT2D eigenvalue weighted by Gasteiger charge is 2.25. The quantitative estimate of drug-likeness (QED) is 0.101. The Labute approximate surface area is 220 Å². The van der Waals surface area contributed by atoms with Gasteiger partial charge in [0, 0.05) is 0 Å². The fourth-order valence-electron chi connectivity index (χ4n) is 5.26. The van der Waals surface area contributed by atoms with Crippen LogP contribution in [0.15, 0.2) is 0 Å². The molecule has 2 atom stereocenters. The van der Waals surface area contributed by atoms with Crippen LogP contribution in [0.25, 0.3) is 0 Å². The lowest BCUT2D eigenvalue weighted by Gasteiger charge is -2.19. The van der Waals surface area contributed by atoms with E-state index in [1.807, 2.05) is 0 Å². The minimum absolute atomic E-state index is 0.574. The molecule has 0 aliphatic heterocycles. The molecule has 0 amide bonds. The highest BCUT2D eigenvalue weighted by Crippen LogP contribution is 2.21. The molecule has 3 nitrogen and oxygen atoms in total. The summed E-state index contributed by atoms with van der Waals surface area (Å²) < 4.78 is 0. The van der Waals surface area contributed by atoms with Gasteiger partial charge in [-0.15, -0.1) is 0 Å². The third-order valence-electron chi connectivity index (χ3n) is 7.75. The van der Waals surface area contributed by atoms with Gasteiger partial charge in [-0.25, -0.2) is 0 Å². The van der Waals surface area contributed by atoms with E-state index in [0.29, 0.717) is 12.8 Å². The zero-order chi connectivity index (χ0) is 25.8. The number of carbonyl (C=O) groups is 1. The van der Waals surface area contributed by atoms with E-state index < -0.39 is 18.0 Å². The number of hydrogen-bond acceptors (Lipinski definition) is 2. The Hall–Kier alpha value is -0.570. The number of rotatable bonds is 29. The van der Waals surface area contributed by atoms with Gasteiger partial charge in [0.2, 0.25) is 0 Å². The summed E-state index contributed by atoms with van der Waals surface area (Å²) in [6.07, 6.45) is 33.0. The van der Waals surface area contributed by atoms with Crippen LogP contribution in [0.5, 0.6) is 0 Å². The minimum Gasteiger partial charge on any atom is -0.481 e. The molecule has 3 heteroatoms. The number of aliphatic hydroxyl groups excluding tert-OH is 1. The van der Waals surface area contributed by atoms with E-state index in [9.17, 15) is 15.0 Å². The molecule has 2 unspecified atom stereocenters. The van der Waals surface area contributed by atoms with Crippen LogP contribution in [0.3, 0.4) is 0 Å². The molecule has 0 aromatic carbocycles. The van der Waals surface area contributed by atoms with Gasteiger partial charge in [0.15, 0.2) is 0 Å². The van der Waals surface area contributed by atoms with Crippen molar-refractivity contribution in [3.8, 4) is 0 Å². The molecule has 0 saturated heterocycles. The van der Waals surface area contributed by atoms with Crippen LogP contribution in [0.2, 0.25) is 0 Å². The Morgan fingerprint density at radius 3 is 1.00 bits per heavy atom. The fraction of sp³-hybridized carbons (Fsp3) is 0.969. The number of aliphatic carboxylic acids is 1. The smallest absolute Gasteiger partial charge is 0.309 e. The molecule has 0 spiro atoms. The SMILES string of the molecule is CCCCCCCCCCCCCCCC(O)C(CCCCCCCCCCCCCC)C(=O)O. The maximum absolute atomic E-state index is 11.6. The van der Waals surface area contributed by atoms with Crippen molar-refractivity contribution in [3.63, 3.8) is 0 Å². The molecule has 0 fully saturated rings. The molecule has 0 heterocycles. The van der Waals surface area contributed by atoms with E-state index >= 15 is 0 Å². The fourth-order valence-corrected chi connectivity index (χ4v) is 5.26. The molecule has 2 N–H and O–H groups in total. The maximum Gasteiger partial charge on any atom is 0.309 e. The van der Waals surface area contributed by atoms with Gasteiger partial charge >= 0.3 is 5.97 Å².